The Kier molecular flexibility index (Phi) is 9.90. The lowest BCUT2D eigenvalue weighted by molar-refractivity contribution is -0.186. The lowest BCUT2D eigenvalue weighted by atomic mass is 10.1. The van der Waals surface area contributed by atoms with Crippen LogP contribution in [0.15, 0.2) is 5.57 Å². The molecule has 0 aromatic rings. The van der Waals surface area contributed by atoms with Gasteiger partial charge in [-0.2, -0.15) is 0 Å². The van der Waals surface area contributed by atoms with Gasteiger partial charge in [0.05, 0.1) is 0 Å². The summed E-state index contributed by atoms with van der Waals surface area (Å²) in [5.41, 5.74) is -0.871. The lowest BCUT2D eigenvalue weighted by Crippen LogP contribution is -2.45. The van der Waals surface area contributed by atoms with Crippen molar-refractivity contribution >= 4 is 18.1 Å². The Labute approximate surface area is 143 Å². The smallest absolute Gasteiger partial charge is 0.385 e. The third-order valence-corrected chi connectivity index (χ3v) is 1.99. The standard InChI is InChI=1S/C17H11FO7/c1-4-7-11-25-17(24-10-6-3,15(20)22-9-5-2)14(13-19)8-12-23-16(18)21/h4H2,1-3H3. The van der Waals surface area contributed by atoms with Crippen molar-refractivity contribution in [3.05, 3.63) is 5.57 Å². The highest BCUT2D eigenvalue weighted by molar-refractivity contribution is 5.88. The molecule has 7 nitrogen and oxygen atoms in total. The van der Waals surface area contributed by atoms with Crippen LogP contribution in [-0.2, 0) is 28.5 Å². The molecule has 0 bridgehead atoms. The van der Waals surface area contributed by atoms with Gasteiger partial charge in [0.2, 0.25) is 0 Å². The second-order valence-corrected chi connectivity index (χ2v) is 3.59. The van der Waals surface area contributed by atoms with E-state index in [0.717, 1.165) is 0 Å². The van der Waals surface area contributed by atoms with Gasteiger partial charge >= 0.3 is 18.0 Å². The highest BCUT2D eigenvalue weighted by Crippen LogP contribution is 2.23. The SMILES string of the molecule is CC#COC(=O)C(OC#CC)(OC#CCC)C(=C=O)C#COC(=O)F. The van der Waals surface area contributed by atoms with Crippen LogP contribution < -0.4 is 0 Å². The lowest BCUT2D eigenvalue weighted by Gasteiger charge is -2.23. The molecule has 0 rings (SSSR count). The van der Waals surface area contributed by atoms with Crippen molar-refractivity contribution in [2.24, 2.45) is 0 Å². The van der Waals surface area contributed by atoms with E-state index in [0.29, 0.717) is 6.42 Å². The van der Waals surface area contributed by atoms with Crippen LogP contribution in [0.25, 0.3) is 0 Å². The second-order valence-electron chi connectivity index (χ2n) is 3.59. The Morgan fingerprint density at radius 2 is 1.64 bits per heavy atom. The summed E-state index contributed by atoms with van der Waals surface area (Å²) in [7, 11) is 0. The van der Waals surface area contributed by atoms with Crippen molar-refractivity contribution in [3.63, 3.8) is 0 Å². The Morgan fingerprint density at radius 1 is 1.00 bits per heavy atom. The van der Waals surface area contributed by atoms with Gasteiger partial charge in [-0.15, -0.1) is 4.39 Å². The fraction of sp³-hybridized carbons (Fsp3) is 0.294. The molecule has 0 saturated heterocycles. The summed E-state index contributed by atoms with van der Waals surface area (Å²) < 4.78 is 30.2. The molecule has 0 aliphatic heterocycles. The van der Waals surface area contributed by atoms with Gasteiger partial charge in [-0.3, -0.25) is 0 Å². The topological polar surface area (TPSA) is 88.1 Å². The average molecular weight is 346 g/mol. The minimum absolute atomic E-state index is 0.338. The first kappa shape index (κ1) is 21.2. The maximum absolute atomic E-state index is 12.3. The molecule has 0 saturated carbocycles. The minimum Gasteiger partial charge on any atom is -0.385 e. The third-order valence-electron chi connectivity index (χ3n) is 1.99. The molecule has 0 spiro atoms. The average Bonchev–Trinajstić information content (AvgIpc) is 2.60. The first-order chi connectivity index (χ1) is 12.0. The molecule has 128 valence electrons. The number of hydrogen-bond acceptors (Lipinski definition) is 7. The first-order valence-corrected chi connectivity index (χ1v) is 6.50. The molecule has 0 heterocycles. The van der Waals surface area contributed by atoms with Crippen molar-refractivity contribution in [2.75, 3.05) is 0 Å². The van der Waals surface area contributed by atoms with Gasteiger partial charge in [0, 0.05) is 20.3 Å². The summed E-state index contributed by atoms with van der Waals surface area (Å²) in [6.07, 6.45) is 5.79. The zero-order valence-corrected chi connectivity index (χ0v) is 13.4. The molecule has 25 heavy (non-hydrogen) atoms. The number of hydrogen-bond donors (Lipinski definition) is 0. The summed E-state index contributed by atoms with van der Waals surface area (Å²) in [5.74, 6) is 6.10. The van der Waals surface area contributed by atoms with Gasteiger partial charge < -0.3 is 18.9 Å². The monoisotopic (exact) mass is 346 g/mol. The number of halogens is 1. The maximum atomic E-state index is 12.3. The van der Waals surface area contributed by atoms with Gasteiger partial charge in [0.25, 0.3) is 0 Å². The van der Waals surface area contributed by atoms with Crippen molar-refractivity contribution in [1.82, 2.24) is 0 Å². The highest BCUT2D eigenvalue weighted by atomic mass is 19.1. The van der Waals surface area contributed by atoms with E-state index >= 15 is 0 Å². The van der Waals surface area contributed by atoms with Crippen molar-refractivity contribution < 1.29 is 37.7 Å². The van der Waals surface area contributed by atoms with E-state index in [1.54, 1.807) is 13.0 Å². The molecule has 0 radical (unpaired) electrons. The van der Waals surface area contributed by atoms with Crippen LogP contribution in [0.4, 0.5) is 9.18 Å². The van der Waals surface area contributed by atoms with E-state index in [2.05, 4.69) is 33.3 Å². The van der Waals surface area contributed by atoms with E-state index in [1.165, 1.54) is 19.8 Å². The van der Waals surface area contributed by atoms with Crippen LogP contribution in [0.2, 0.25) is 0 Å². The Balaban J connectivity index is 6.21. The van der Waals surface area contributed by atoms with Crippen molar-refractivity contribution in [3.8, 4) is 48.1 Å². The van der Waals surface area contributed by atoms with E-state index in [-0.39, 0.29) is 0 Å². The van der Waals surface area contributed by atoms with Crippen molar-refractivity contribution in [1.29, 1.82) is 0 Å². The van der Waals surface area contributed by atoms with E-state index in [4.69, 9.17) is 9.47 Å². The molecule has 0 aliphatic rings. The van der Waals surface area contributed by atoms with Gasteiger partial charge in [0.1, 0.15) is 30.4 Å². The van der Waals surface area contributed by atoms with E-state index in [1.807, 2.05) is 18.1 Å². The number of rotatable bonds is 4. The van der Waals surface area contributed by atoms with E-state index in [9.17, 15) is 18.8 Å². The van der Waals surface area contributed by atoms with Crippen LogP contribution >= 0.6 is 0 Å². The van der Waals surface area contributed by atoms with Crippen LogP contribution in [0.1, 0.15) is 27.2 Å². The molecular weight excluding hydrogens is 335 g/mol. The predicted molar refractivity (Wildman–Crippen MR) is 80.5 cm³/mol. The largest absolute Gasteiger partial charge is 0.509 e. The summed E-state index contributed by atoms with van der Waals surface area (Å²) in [4.78, 5) is 33.6. The fourth-order valence-corrected chi connectivity index (χ4v) is 1.07. The quantitative estimate of drug-likeness (QED) is 0.250. The third kappa shape index (κ3) is 6.85. The molecule has 0 N–H and O–H groups in total. The molecule has 8 heteroatoms. The normalized spacial score (nSPS) is 9.92. The molecular formula is C17H11FO7. The van der Waals surface area contributed by atoms with Gasteiger partial charge in [-0.1, -0.05) is 24.7 Å². The minimum atomic E-state index is -2.69. The zero-order chi connectivity index (χ0) is 19.1. The van der Waals surface area contributed by atoms with Gasteiger partial charge in [0.15, 0.2) is 5.57 Å². The molecule has 1 unspecified atom stereocenters. The Bertz CT molecular complexity index is 808. The zero-order valence-electron chi connectivity index (χ0n) is 13.4. The molecule has 0 aromatic carbocycles. The number of carbonyl (C=O) groups is 2. The molecule has 0 aromatic heterocycles. The van der Waals surface area contributed by atoms with Gasteiger partial charge in [-0.05, 0) is 5.92 Å². The molecule has 0 amide bonds. The Morgan fingerprint density at radius 3 is 2.16 bits per heavy atom. The predicted octanol–water partition coefficient (Wildman–Crippen LogP) is 1.42. The first-order valence-electron chi connectivity index (χ1n) is 6.50. The highest BCUT2D eigenvalue weighted by Gasteiger charge is 2.51. The summed E-state index contributed by atoms with van der Waals surface area (Å²) in [5, 5.41) is 0. The van der Waals surface area contributed by atoms with Crippen LogP contribution in [0.3, 0.4) is 0 Å². The maximum Gasteiger partial charge on any atom is 0.509 e. The summed E-state index contributed by atoms with van der Waals surface area (Å²) in [6.45, 7) is 4.42. The Hall–Kier alpha value is -3.84. The van der Waals surface area contributed by atoms with Crippen LogP contribution in [0.5, 0.6) is 0 Å². The summed E-state index contributed by atoms with van der Waals surface area (Å²) >= 11 is 0. The summed E-state index contributed by atoms with van der Waals surface area (Å²) in [6, 6.07) is 0. The number of esters is 1. The van der Waals surface area contributed by atoms with Crippen LogP contribution in [0, 0.1) is 48.1 Å². The number of ether oxygens (including phenoxy) is 4. The second kappa shape index (κ2) is 11.7. The van der Waals surface area contributed by atoms with Crippen molar-refractivity contribution in [2.45, 2.75) is 33.0 Å². The fourth-order valence-electron chi connectivity index (χ4n) is 1.07. The van der Waals surface area contributed by atoms with Gasteiger partial charge in [-0.25, -0.2) is 14.4 Å². The molecule has 1 atom stereocenters. The van der Waals surface area contributed by atoms with Crippen LogP contribution in [-0.4, -0.2) is 23.9 Å². The molecule has 0 aliphatic carbocycles. The van der Waals surface area contributed by atoms with E-state index < -0.39 is 23.6 Å². The molecule has 0 fully saturated rings. The number of carbonyl (C=O) groups excluding carboxylic acids is 3.